The fourth-order valence-electron chi connectivity index (χ4n) is 2.16. The molecule has 0 heterocycles. The van der Waals surface area contributed by atoms with Crippen molar-refractivity contribution in [3.63, 3.8) is 0 Å². The van der Waals surface area contributed by atoms with Crippen molar-refractivity contribution in [2.75, 3.05) is 7.11 Å². The predicted octanol–water partition coefficient (Wildman–Crippen LogP) is 2.75. The van der Waals surface area contributed by atoms with Gasteiger partial charge in [0.15, 0.2) is 0 Å². The minimum absolute atomic E-state index is 0.209. The highest BCUT2D eigenvalue weighted by Gasteiger charge is 2.36. The summed E-state index contributed by atoms with van der Waals surface area (Å²) in [5.41, 5.74) is 2.00. The average Bonchev–Trinajstić information content (AvgIpc) is 3.21. The Hall–Kier alpha value is -1.35. The zero-order valence-electron chi connectivity index (χ0n) is 11.3. The van der Waals surface area contributed by atoms with Gasteiger partial charge in [0.2, 0.25) is 0 Å². The topological polar surface area (TPSA) is 38.3 Å². The van der Waals surface area contributed by atoms with Crippen molar-refractivity contribution in [1.82, 2.24) is 5.32 Å². The number of ether oxygens (including phenoxy) is 1. The summed E-state index contributed by atoms with van der Waals surface area (Å²) in [5.74, 6) is 0.527. The van der Waals surface area contributed by atoms with Crippen molar-refractivity contribution in [2.24, 2.45) is 5.92 Å². The first-order chi connectivity index (χ1) is 8.53. The van der Waals surface area contributed by atoms with E-state index in [1.807, 2.05) is 24.3 Å². The summed E-state index contributed by atoms with van der Waals surface area (Å²) in [5, 5.41) is 3.58. The molecule has 3 heteroatoms. The molecule has 1 fully saturated rings. The molecule has 18 heavy (non-hydrogen) atoms. The monoisotopic (exact) mass is 247 g/mol. The van der Waals surface area contributed by atoms with Crippen molar-refractivity contribution in [3.05, 3.63) is 35.4 Å². The standard InChI is InChI=1S/C15H21NO2/c1-15(2,13-8-9-13)16-10-11-4-6-12(7-5-11)14(17)18-3/h4-7,13,16H,8-10H2,1-3H3. The fourth-order valence-corrected chi connectivity index (χ4v) is 2.16. The van der Waals surface area contributed by atoms with Crippen LogP contribution in [-0.4, -0.2) is 18.6 Å². The predicted molar refractivity (Wildman–Crippen MR) is 71.4 cm³/mol. The van der Waals surface area contributed by atoms with Gasteiger partial charge in [-0.15, -0.1) is 0 Å². The first kappa shape index (κ1) is 13.1. The lowest BCUT2D eigenvalue weighted by atomic mass is 9.98. The summed E-state index contributed by atoms with van der Waals surface area (Å²) >= 11 is 0. The Kier molecular flexibility index (Phi) is 3.71. The Morgan fingerprint density at radius 2 is 1.94 bits per heavy atom. The lowest BCUT2D eigenvalue weighted by Crippen LogP contribution is -2.40. The van der Waals surface area contributed by atoms with E-state index in [2.05, 4.69) is 23.9 Å². The second kappa shape index (κ2) is 5.11. The third kappa shape index (κ3) is 3.10. The molecule has 1 aliphatic carbocycles. The Morgan fingerprint density at radius 1 is 1.33 bits per heavy atom. The highest BCUT2D eigenvalue weighted by molar-refractivity contribution is 5.89. The molecule has 1 aromatic rings. The number of rotatable bonds is 5. The number of hydrogen-bond acceptors (Lipinski definition) is 3. The number of methoxy groups -OCH3 is 1. The molecule has 1 saturated carbocycles. The number of benzene rings is 1. The molecule has 0 spiro atoms. The first-order valence-corrected chi connectivity index (χ1v) is 6.45. The minimum Gasteiger partial charge on any atom is -0.465 e. The van der Waals surface area contributed by atoms with E-state index >= 15 is 0 Å². The van der Waals surface area contributed by atoms with Gasteiger partial charge in [-0.1, -0.05) is 12.1 Å². The molecular formula is C15H21NO2. The van der Waals surface area contributed by atoms with E-state index in [1.165, 1.54) is 25.5 Å². The Balaban J connectivity index is 1.92. The van der Waals surface area contributed by atoms with Crippen LogP contribution in [0.25, 0.3) is 0 Å². The minimum atomic E-state index is -0.284. The van der Waals surface area contributed by atoms with E-state index < -0.39 is 0 Å². The third-order valence-electron chi connectivity index (χ3n) is 3.72. The van der Waals surface area contributed by atoms with Crippen LogP contribution in [0.1, 0.15) is 42.6 Å². The molecule has 98 valence electrons. The molecule has 0 radical (unpaired) electrons. The van der Waals surface area contributed by atoms with Crippen LogP contribution >= 0.6 is 0 Å². The molecule has 2 rings (SSSR count). The molecule has 0 saturated heterocycles. The van der Waals surface area contributed by atoms with Gasteiger partial charge in [0.05, 0.1) is 12.7 Å². The normalized spacial score (nSPS) is 15.5. The second-order valence-corrected chi connectivity index (χ2v) is 5.54. The van der Waals surface area contributed by atoms with Gasteiger partial charge >= 0.3 is 5.97 Å². The van der Waals surface area contributed by atoms with Gasteiger partial charge in [-0.2, -0.15) is 0 Å². The van der Waals surface area contributed by atoms with Crippen molar-refractivity contribution in [1.29, 1.82) is 0 Å². The van der Waals surface area contributed by atoms with Crippen LogP contribution in [0.3, 0.4) is 0 Å². The summed E-state index contributed by atoms with van der Waals surface area (Å²) in [7, 11) is 1.40. The zero-order chi connectivity index (χ0) is 13.2. The van der Waals surface area contributed by atoms with Gasteiger partial charge in [0, 0.05) is 12.1 Å². The van der Waals surface area contributed by atoms with Crippen molar-refractivity contribution >= 4 is 5.97 Å². The number of esters is 1. The lowest BCUT2D eigenvalue weighted by Gasteiger charge is -2.26. The van der Waals surface area contributed by atoms with Gasteiger partial charge in [0.1, 0.15) is 0 Å². The van der Waals surface area contributed by atoms with Crippen LogP contribution in [0.2, 0.25) is 0 Å². The maximum absolute atomic E-state index is 11.3. The Bertz CT molecular complexity index is 419. The molecule has 0 aromatic heterocycles. The number of hydrogen-bond donors (Lipinski definition) is 1. The van der Waals surface area contributed by atoms with Gasteiger partial charge in [-0.25, -0.2) is 4.79 Å². The summed E-state index contributed by atoms with van der Waals surface area (Å²) < 4.78 is 4.68. The smallest absolute Gasteiger partial charge is 0.337 e. The number of carbonyl (C=O) groups is 1. The molecule has 3 nitrogen and oxygen atoms in total. The summed E-state index contributed by atoms with van der Waals surface area (Å²) in [6, 6.07) is 7.57. The van der Waals surface area contributed by atoms with Gasteiger partial charge in [-0.3, -0.25) is 0 Å². The van der Waals surface area contributed by atoms with Crippen molar-refractivity contribution in [2.45, 2.75) is 38.8 Å². The first-order valence-electron chi connectivity index (χ1n) is 6.45. The fraction of sp³-hybridized carbons (Fsp3) is 0.533. The number of carbonyl (C=O) groups excluding carboxylic acids is 1. The lowest BCUT2D eigenvalue weighted by molar-refractivity contribution is 0.0600. The molecule has 1 aromatic carbocycles. The third-order valence-corrected chi connectivity index (χ3v) is 3.72. The summed E-state index contributed by atoms with van der Waals surface area (Å²) in [6.07, 6.45) is 2.67. The number of nitrogens with one attached hydrogen (secondary N) is 1. The molecule has 0 unspecified atom stereocenters. The van der Waals surface area contributed by atoms with Crippen LogP contribution < -0.4 is 5.32 Å². The van der Waals surface area contributed by atoms with Crippen LogP contribution in [0, 0.1) is 5.92 Å². The van der Waals surface area contributed by atoms with E-state index in [1.54, 1.807) is 0 Å². The molecule has 0 amide bonds. The Morgan fingerprint density at radius 3 is 2.44 bits per heavy atom. The van der Waals surface area contributed by atoms with Gasteiger partial charge < -0.3 is 10.1 Å². The maximum atomic E-state index is 11.3. The van der Waals surface area contributed by atoms with Crippen molar-refractivity contribution < 1.29 is 9.53 Å². The van der Waals surface area contributed by atoms with E-state index in [0.29, 0.717) is 5.56 Å². The van der Waals surface area contributed by atoms with E-state index in [4.69, 9.17) is 0 Å². The van der Waals surface area contributed by atoms with Crippen LogP contribution in [0.15, 0.2) is 24.3 Å². The van der Waals surface area contributed by atoms with E-state index in [-0.39, 0.29) is 11.5 Å². The van der Waals surface area contributed by atoms with Crippen molar-refractivity contribution in [3.8, 4) is 0 Å². The quantitative estimate of drug-likeness (QED) is 0.813. The van der Waals surface area contributed by atoms with E-state index in [0.717, 1.165) is 12.5 Å². The largest absolute Gasteiger partial charge is 0.465 e. The molecular weight excluding hydrogens is 226 g/mol. The molecule has 1 aliphatic rings. The van der Waals surface area contributed by atoms with Gasteiger partial charge in [-0.05, 0) is 50.3 Å². The van der Waals surface area contributed by atoms with E-state index in [9.17, 15) is 4.79 Å². The maximum Gasteiger partial charge on any atom is 0.337 e. The summed E-state index contributed by atoms with van der Waals surface area (Å²) in [6.45, 7) is 5.35. The van der Waals surface area contributed by atoms with Crippen LogP contribution in [-0.2, 0) is 11.3 Å². The van der Waals surface area contributed by atoms with Crippen LogP contribution in [0.4, 0.5) is 0 Å². The second-order valence-electron chi connectivity index (χ2n) is 5.54. The Labute approximate surface area is 109 Å². The van der Waals surface area contributed by atoms with Crippen LogP contribution in [0.5, 0.6) is 0 Å². The SMILES string of the molecule is COC(=O)c1ccc(CNC(C)(C)C2CC2)cc1. The molecule has 0 atom stereocenters. The van der Waals surface area contributed by atoms with Gasteiger partial charge in [0.25, 0.3) is 0 Å². The highest BCUT2D eigenvalue weighted by Crippen LogP contribution is 2.39. The molecule has 0 aliphatic heterocycles. The highest BCUT2D eigenvalue weighted by atomic mass is 16.5. The molecule has 1 N–H and O–H groups in total. The zero-order valence-corrected chi connectivity index (χ0v) is 11.3. The molecule has 0 bridgehead atoms. The average molecular weight is 247 g/mol. The summed E-state index contributed by atoms with van der Waals surface area (Å²) in [4.78, 5) is 11.3.